The molecule has 1 aliphatic rings. The number of phenols is 1. The van der Waals surface area contributed by atoms with Crippen LogP contribution in [0.2, 0.25) is 5.02 Å². The molecule has 9 heteroatoms. The van der Waals surface area contributed by atoms with Crippen LogP contribution < -0.4 is 10.6 Å². The van der Waals surface area contributed by atoms with Gasteiger partial charge in [-0.3, -0.25) is 19.7 Å². The summed E-state index contributed by atoms with van der Waals surface area (Å²) >= 11 is 5.74. The Morgan fingerprint density at radius 2 is 2.20 bits per heavy atom. The summed E-state index contributed by atoms with van der Waals surface area (Å²) in [6, 6.07) is 1.98. The highest BCUT2D eigenvalue weighted by Gasteiger charge is 2.35. The lowest BCUT2D eigenvalue weighted by Gasteiger charge is -2.17. The Morgan fingerprint density at radius 1 is 1.55 bits per heavy atom. The highest BCUT2D eigenvalue weighted by Crippen LogP contribution is 2.39. The average molecular weight is 300 g/mol. The van der Waals surface area contributed by atoms with Crippen molar-refractivity contribution in [1.29, 1.82) is 0 Å². The summed E-state index contributed by atoms with van der Waals surface area (Å²) in [4.78, 5) is 34.0. The van der Waals surface area contributed by atoms with Crippen molar-refractivity contribution in [3.63, 3.8) is 0 Å². The summed E-state index contributed by atoms with van der Waals surface area (Å²) in [5.41, 5.74) is 4.69. The van der Waals surface area contributed by atoms with Crippen LogP contribution in [0, 0.1) is 16.0 Å². The maximum absolute atomic E-state index is 11.8. The van der Waals surface area contributed by atoms with Crippen molar-refractivity contribution >= 4 is 34.8 Å². The summed E-state index contributed by atoms with van der Waals surface area (Å²) in [6.07, 6.45) is -0.0661. The van der Waals surface area contributed by atoms with E-state index in [0.717, 1.165) is 17.0 Å². The molecule has 1 fully saturated rings. The van der Waals surface area contributed by atoms with E-state index in [1.165, 1.54) is 0 Å². The molecule has 2 amide bonds. The third-order valence-electron chi connectivity index (χ3n) is 3.06. The highest BCUT2D eigenvalue weighted by atomic mass is 35.5. The highest BCUT2D eigenvalue weighted by molar-refractivity contribution is 6.33. The molecule has 8 nitrogen and oxygen atoms in total. The molecule has 1 aromatic carbocycles. The van der Waals surface area contributed by atoms with E-state index in [4.69, 9.17) is 17.3 Å². The molecule has 0 spiro atoms. The second-order valence-corrected chi connectivity index (χ2v) is 4.76. The standard InChI is InChI=1S/C11H10ClN3O5/c12-6-2-8(9(16)3-7(6)15(19)20)14-4-5(11(13)18)1-10(14)17/h2-3,5,16H,1,4H2,(H2,13,18). The lowest BCUT2D eigenvalue weighted by molar-refractivity contribution is -0.384. The molecule has 0 bridgehead atoms. The number of hydrogen-bond acceptors (Lipinski definition) is 5. The molecule has 0 radical (unpaired) electrons. The molecule has 1 heterocycles. The average Bonchev–Trinajstić information content (AvgIpc) is 2.73. The fraction of sp³-hybridized carbons (Fsp3) is 0.273. The minimum atomic E-state index is -0.746. The van der Waals surface area contributed by atoms with Crippen LogP contribution in [0.25, 0.3) is 0 Å². The van der Waals surface area contributed by atoms with E-state index in [2.05, 4.69) is 0 Å². The molecule has 0 aliphatic carbocycles. The Balaban J connectivity index is 2.39. The van der Waals surface area contributed by atoms with Gasteiger partial charge in [0.25, 0.3) is 5.69 Å². The van der Waals surface area contributed by atoms with Gasteiger partial charge in [-0.1, -0.05) is 11.6 Å². The fourth-order valence-electron chi connectivity index (χ4n) is 2.03. The van der Waals surface area contributed by atoms with Crippen molar-refractivity contribution in [2.24, 2.45) is 11.7 Å². The zero-order chi connectivity index (χ0) is 15.0. The number of phenolic OH excluding ortho intramolecular Hbond substituents is 1. The van der Waals surface area contributed by atoms with Crippen LogP contribution in [0.1, 0.15) is 6.42 Å². The summed E-state index contributed by atoms with van der Waals surface area (Å²) in [7, 11) is 0. The summed E-state index contributed by atoms with van der Waals surface area (Å²) in [5.74, 6) is -2.14. The molecule has 1 unspecified atom stereocenters. The second-order valence-electron chi connectivity index (χ2n) is 4.36. The monoisotopic (exact) mass is 299 g/mol. The Labute approximate surface area is 117 Å². The lowest BCUT2D eigenvalue weighted by Crippen LogP contribution is -2.28. The smallest absolute Gasteiger partial charge is 0.291 e. The van der Waals surface area contributed by atoms with Gasteiger partial charge < -0.3 is 15.7 Å². The largest absolute Gasteiger partial charge is 0.505 e. The van der Waals surface area contributed by atoms with Crippen molar-refractivity contribution < 1.29 is 19.6 Å². The van der Waals surface area contributed by atoms with Gasteiger partial charge >= 0.3 is 0 Å². The number of nitro benzene ring substituents is 1. The maximum Gasteiger partial charge on any atom is 0.291 e. The van der Waals surface area contributed by atoms with Gasteiger partial charge in [0.1, 0.15) is 10.8 Å². The van der Waals surface area contributed by atoms with Gasteiger partial charge in [-0.15, -0.1) is 0 Å². The van der Waals surface area contributed by atoms with Crippen molar-refractivity contribution in [3.8, 4) is 5.75 Å². The molecular formula is C11H10ClN3O5. The van der Waals surface area contributed by atoms with Gasteiger partial charge in [0.15, 0.2) is 0 Å². The second kappa shape index (κ2) is 4.97. The fourth-order valence-corrected chi connectivity index (χ4v) is 2.25. The van der Waals surface area contributed by atoms with Crippen LogP contribution in [0.15, 0.2) is 12.1 Å². The number of nitrogens with zero attached hydrogens (tertiary/aromatic N) is 2. The topological polar surface area (TPSA) is 127 Å². The first-order valence-electron chi connectivity index (χ1n) is 5.58. The number of amides is 2. The van der Waals surface area contributed by atoms with Crippen LogP contribution in [0.4, 0.5) is 11.4 Å². The maximum atomic E-state index is 11.8. The van der Waals surface area contributed by atoms with E-state index in [1.54, 1.807) is 0 Å². The molecule has 2 rings (SSSR count). The van der Waals surface area contributed by atoms with Crippen LogP contribution in [0.5, 0.6) is 5.75 Å². The van der Waals surface area contributed by atoms with E-state index in [1.807, 2.05) is 0 Å². The Bertz CT molecular complexity index is 618. The Kier molecular flexibility index (Phi) is 3.49. The quantitative estimate of drug-likeness (QED) is 0.630. The van der Waals surface area contributed by atoms with Gasteiger partial charge in [-0.2, -0.15) is 0 Å². The number of anilines is 1. The molecule has 1 aliphatic heterocycles. The number of rotatable bonds is 3. The van der Waals surface area contributed by atoms with E-state index in [-0.39, 0.29) is 23.7 Å². The zero-order valence-corrected chi connectivity index (χ0v) is 10.8. The predicted octanol–water partition coefficient (Wildman–Crippen LogP) is 0.792. The number of halogens is 1. The first kappa shape index (κ1) is 14.1. The lowest BCUT2D eigenvalue weighted by atomic mass is 10.1. The number of nitrogens with two attached hydrogens (primary N) is 1. The third-order valence-corrected chi connectivity index (χ3v) is 3.36. The van der Waals surface area contributed by atoms with Crippen molar-refractivity contribution in [2.45, 2.75) is 6.42 Å². The van der Waals surface area contributed by atoms with Crippen LogP contribution in [-0.2, 0) is 9.59 Å². The summed E-state index contributed by atoms with van der Waals surface area (Å²) < 4.78 is 0. The number of carbonyl (C=O) groups excluding carboxylic acids is 2. The molecule has 106 valence electrons. The molecule has 0 aromatic heterocycles. The SMILES string of the molecule is NC(=O)C1CC(=O)N(c2cc(Cl)c([N+](=O)[O-])cc2O)C1. The predicted molar refractivity (Wildman–Crippen MR) is 69.4 cm³/mol. The third kappa shape index (κ3) is 2.37. The molecule has 1 aromatic rings. The van der Waals surface area contributed by atoms with Gasteiger partial charge in [-0.05, 0) is 6.07 Å². The zero-order valence-electron chi connectivity index (χ0n) is 10.1. The van der Waals surface area contributed by atoms with Gasteiger partial charge in [0, 0.05) is 13.0 Å². The van der Waals surface area contributed by atoms with Gasteiger partial charge in [0.05, 0.1) is 22.6 Å². The summed E-state index contributed by atoms with van der Waals surface area (Å²) in [5, 5.41) is 20.3. The molecule has 3 N–H and O–H groups in total. The molecule has 20 heavy (non-hydrogen) atoms. The van der Waals surface area contributed by atoms with Crippen molar-refractivity contribution in [2.75, 3.05) is 11.4 Å². The molecule has 1 atom stereocenters. The Morgan fingerprint density at radius 3 is 2.70 bits per heavy atom. The van der Waals surface area contributed by atoms with Crippen LogP contribution >= 0.6 is 11.6 Å². The van der Waals surface area contributed by atoms with Crippen molar-refractivity contribution in [3.05, 3.63) is 27.3 Å². The van der Waals surface area contributed by atoms with Crippen molar-refractivity contribution in [1.82, 2.24) is 0 Å². The minimum Gasteiger partial charge on any atom is -0.505 e. The van der Waals surface area contributed by atoms with Gasteiger partial charge in [-0.25, -0.2) is 0 Å². The number of primary amides is 1. The number of aromatic hydroxyl groups is 1. The van der Waals surface area contributed by atoms with Crippen LogP contribution in [0.3, 0.4) is 0 Å². The van der Waals surface area contributed by atoms with E-state index >= 15 is 0 Å². The molecule has 0 saturated carbocycles. The number of carbonyl (C=O) groups is 2. The Hall–Kier alpha value is -2.35. The van der Waals surface area contributed by atoms with E-state index in [9.17, 15) is 24.8 Å². The molecular weight excluding hydrogens is 290 g/mol. The number of benzene rings is 1. The van der Waals surface area contributed by atoms with Crippen LogP contribution in [-0.4, -0.2) is 28.4 Å². The minimum absolute atomic E-state index is 0.00979. The number of hydrogen-bond donors (Lipinski definition) is 2. The van der Waals surface area contributed by atoms with E-state index in [0.29, 0.717) is 0 Å². The summed E-state index contributed by atoms with van der Waals surface area (Å²) in [6.45, 7) is 0.00979. The van der Waals surface area contributed by atoms with Gasteiger partial charge in [0.2, 0.25) is 11.8 Å². The first-order valence-corrected chi connectivity index (χ1v) is 5.95. The molecule has 1 saturated heterocycles. The normalized spacial score (nSPS) is 18.4. The number of nitro groups is 1. The van der Waals surface area contributed by atoms with E-state index < -0.39 is 34.1 Å². The first-order chi connectivity index (χ1) is 9.31.